The average Bonchev–Trinajstić information content (AvgIpc) is 3.49. The monoisotopic (exact) mass is 560 g/mol. The number of hydrogen-bond acceptors (Lipinski definition) is 4. The zero-order chi connectivity index (χ0) is 28.1. The third-order valence-corrected chi connectivity index (χ3v) is 8.95. The number of anilines is 2. The lowest BCUT2D eigenvalue weighted by Crippen LogP contribution is -2.59. The third kappa shape index (κ3) is 3.83. The first-order valence-electron chi connectivity index (χ1n) is 14.0. The zero-order valence-corrected chi connectivity index (χ0v) is 23.4. The molecule has 1 amide bonds. The molecule has 204 valence electrons. The molecule has 41 heavy (non-hydrogen) atoms. The maximum Gasteiger partial charge on any atom is 0.310 e. The van der Waals surface area contributed by atoms with Crippen molar-refractivity contribution in [1.29, 1.82) is 0 Å². The Bertz CT molecular complexity index is 1700. The number of halogens is 1. The summed E-state index contributed by atoms with van der Waals surface area (Å²) in [4.78, 5) is 31.0. The fraction of sp³-hybridized carbons (Fsp3) is 0.200. The van der Waals surface area contributed by atoms with Gasteiger partial charge in [0.2, 0.25) is 5.91 Å². The van der Waals surface area contributed by atoms with E-state index >= 15 is 4.79 Å². The van der Waals surface area contributed by atoms with Crippen LogP contribution in [0.2, 0.25) is 5.02 Å². The van der Waals surface area contributed by atoms with Crippen molar-refractivity contribution < 1.29 is 14.3 Å². The SMILES string of the molecule is CCOC(=O)[C@@H]1CC(c2ccccc2)=C2c3ccccc3N[C@@H]2[C@@]12C(=O)N(Cc1ccccc1)c1ccc(Cl)cc12. The molecule has 4 aromatic rings. The van der Waals surface area contributed by atoms with Gasteiger partial charge in [-0.2, -0.15) is 0 Å². The van der Waals surface area contributed by atoms with E-state index in [1.54, 1.807) is 6.92 Å². The van der Waals surface area contributed by atoms with E-state index in [1.807, 2.05) is 89.8 Å². The van der Waals surface area contributed by atoms with Gasteiger partial charge in [0.15, 0.2) is 0 Å². The van der Waals surface area contributed by atoms with Crippen LogP contribution in [0.4, 0.5) is 11.4 Å². The van der Waals surface area contributed by atoms with Gasteiger partial charge in [-0.1, -0.05) is 90.5 Å². The summed E-state index contributed by atoms with van der Waals surface area (Å²) in [6.45, 7) is 2.42. The molecule has 3 aliphatic rings. The lowest BCUT2D eigenvalue weighted by molar-refractivity contribution is -0.153. The minimum atomic E-state index is -1.26. The van der Waals surface area contributed by atoms with Gasteiger partial charge in [-0.15, -0.1) is 0 Å². The number of carbonyl (C=O) groups is 2. The maximum atomic E-state index is 15.1. The van der Waals surface area contributed by atoms with Gasteiger partial charge in [0.05, 0.1) is 25.1 Å². The second-order valence-electron chi connectivity index (χ2n) is 10.8. The quantitative estimate of drug-likeness (QED) is 0.264. The number of nitrogens with one attached hydrogen (secondary N) is 1. The number of rotatable bonds is 5. The maximum absolute atomic E-state index is 15.1. The van der Waals surface area contributed by atoms with Crippen LogP contribution in [0.15, 0.2) is 103 Å². The summed E-state index contributed by atoms with van der Waals surface area (Å²) in [6.07, 6.45) is 0.363. The fourth-order valence-corrected chi connectivity index (χ4v) is 7.24. The summed E-state index contributed by atoms with van der Waals surface area (Å²) in [6, 6.07) is 33.3. The number of amides is 1. The summed E-state index contributed by atoms with van der Waals surface area (Å²) < 4.78 is 5.73. The number of benzene rings is 4. The van der Waals surface area contributed by atoms with Crippen molar-refractivity contribution in [2.45, 2.75) is 31.3 Å². The molecule has 2 heterocycles. The van der Waals surface area contributed by atoms with E-state index < -0.39 is 17.4 Å². The largest absolute Gasteiger partial charge is 0.466 e. The molecule has 0 unspecified atom stereocenters. The van der Waals surface area contributed by atoms with Crippen molar-refractivity contribution in [2.75, 3.05) is 16.8 Å². The van der Waals surface area contributed by atoms with E-state index in [-0.39, 0.29) is 18.5 Å². The predicted molar refractivity (Wildman–Crippen MR) is 163 cm³/mol. The second kappa shape index (κ2) is 9.93. The molecule has 0 aromatic heterocycles. The molecule has 5 nitrogen and oxygen atoms in total. The Kier molecular flexibility index (Phi) is 6.20. The average molecular weight is 561 g/mol. The Morgan fingerprint density at radius 2 is 1.68 bits per heavy atom. The van der Waals surface area contributed by atoms with Crippen LogP contribution in [-0.2, 0) is 26.3 Å². The number of hydrogen-bond donors (Lipinski definition) is 1. The Balaban J connectivity index is 1.51. The molecule has 0 saturated carbocycles. The van der Waals surface area contributed by atoms with Crippen molar-refractivity contribution in [2.24, 2.45) is 5.92 Å². The van der Waals surface area contributed by atoms with Crippen LogP contribution in [-0.4, -0.2) is 24.5 Å². The normalized spacial score (nSPS) is 22.3. The lowest BCUT2D eigenvalue weighted by Gasteiger charge is -2.45. The number of fused-ring (bicyclic) bond motifs is 6. The highest BCUT2D eigenvalue weighted by atomic mass is 35.5. The van der Waals surface area contributed by atoms with E-state index in [2.05, 4.69) is 23.5 Å². The van der Waals surface area contributed by atoms with E-state index in [0.29, 0.717) is 18.0 Å². The first-order chi connectivity index (χ1) is 20.0. The van der Waals surface area contributed by atoms with Crippen LogP contribution in [0.25, 0.3) is 11.1 Å². The zero-order valence-electron chi connectivity index (χ0n) is 22.6. The third-order valence-electron chi connectivity index (χ3n) is 8.72. The number of nitrogens with zero attached hydrogens (tertiary/aromatic N) is 1. The molecular formula is C35H29ClN2O3. The highest BCUT2D eigenvalue weighted by molar-refractivity contribution is 6.31. The Hall–Kier alpha value is -4.35. The predicted octanol–water partition coefficient (Wildman–Crippen LogP) is 7.11. The van der Waals surface area contributed by atoms with Crippen molar-refractivity contribution in [3.63, 3.8) is 0 Å². The molecule has 4 aromatic carbocycles. The number of esters is 1. The van der Waals surface area contributed by atoms with Gasteiger partial charge in [-0.3, -0.25) is 9.59 Å². The van der Waals surface area contributed by atoms with Crippen LogP contribution in [0.3, 0.4) is 0 Å². The molecule has 6 heteroatoms. The van der Waals surface area contributed by atoms with E-state index in [1.165, 1.54) is 0 Å². The molecule has 3 atom stereocenters. The van der Waals surface area contributed by atoms with E-state index in [9.17, 15) is 4.79 Å². The molecule has 1 N–H and O–H groups in total. The Morgan fingerprint density at radius 1 is 0.976 bits per heavy atom. The molecule has 1 spiro atoms. The first kappa shape index (κ1) is 25.6. The van der Waals surface area contributed by atoms with Gasteiger partial charge in [-0.25, -0.2) is 0 Å². The first-order valence-corrected chi connectivity index (χ1v) is 14.4. The van der Waals surface area contributed by atoms with Crippen molar-refractivity contribution in [1.82, 2.24) is 0 Å². The lowest BCUT2D eigenvalue weighted by atomic mass is 9.58. The highest BCUT2D eigenvalue weighted by Crippen LogP contribution is 2.61. The summed E-state index contributed by atoms with van der Waals surface area (Å²) in [5.74, 6) is -1.26. The van der Waals surface area contributed by atoms with Crippen molar-refractivity contribution >= 4 is 46.0 Å². The number of para-hydroxylation sites is 1. The van der Waals surface area contributed by atoms with Gasteiger partial charge >= 0.3 is 5.97 Å². The number of allylic oxidation sites excluding steroid dienone is 1. The van der Waals surface area contributed by atoms with Gasteiger partial charge in [0.1, 0.15) is 5.41 Å². The molecular weight excluding hydrogens is 532 g/mol. The molecule has 7 rings (SSSR count). The Labute approximate surface area is 244 Å². The molecule has 1 aliphatic carbocycles. The van der Waals surface area contributed by atoms with Crippen molar-refractivity contribution in [3.05, 3.63) is 130 Å². The number of carbonyl (C=O) groups excluding carboxylic acids is 2. The summed E-state index contributed by atoms with van der Waals surface area (Å²) >= 11 is 6.65. The van der Waals surface area contributed by atoms with Crippen molar-refractivity contribution in [3.8, 4) is 0 Å². The van der Waals surface area contributed by atoms with Gasteiger partial charge in [0.25, 0.3) is 0 Å². The molecule has 0 bridgehead atoms. The molecule has 0 fully saturated rings. The standard InChI is InChI=1S/C35H29ClN2O3/c1-2-41-33(39)28-20-26(23-13-7-4-8-14-23)31-25-15-9-10-16-29(25)37-32(31)35(28)27-19-24(36)17-18-30(27)38(34(35)40)21-22-11-5-3-6-12-22/h3-19,28,32,37H,2,20-21H2,1H3/t28-,32-,35-/m0/s1. The molecule has 0 radical (unpaired) electrons. The van der Waals surface area contributed by atoms with Crippen LogP contribution in [0, 0.1) is 5.92 Å². The van der Waals surface area contributed by atoms with E-state index in [0.717, 1.165) is 44.8 Å². The summed E-state index contributed by atoms with van der Waals surface area (Å²) in [5.41, 5.74) is 6.42. The van der Waals surface area contributed by atoms with Crippen LogP contribution in [0.5, 0.6) is 0 Å². The topological polar surface area (TPSA) is 58.6 Å². The highest BCUT2D eigenvalue weighted by Gasteiger charge is 2.66. The minimum Gasteiger partial charge on any atom is -0.466 e. The molecule has 2 aliphatic heterocycles. The summed E-state index contributed by atoms with van der Waals surface area (Å²) in [7, 11) is 0. The minimum absolute atomic E-state index is 0.119. The van der Waals surface area contributed by atoms with E-state index in [4.69, 9.17) is 16.3 Å². The van der Waals surface area contributed by atoms with Crippen LogP contribution in [0.1, 0.15) is 35.6 Å². The van der Waals surface area contributed by atoms with Crippen LogP contribution < -0.4 is 10.2 Å². The number of ether oxygens (including phenoxy) is 1. The fourth-order valence-electron chi connectivity index (χ4n) is 7.07. The van der Waals surface area contributed by atoms with Gasteiger partial charge < -0.3 is 15.0 Å². The van der Waals surface area contributed by atoms with Gasteiger partial charge in [-0.05, 0) is 65.4 Å². The van der Waals surface area contributed by atoms with Crippen LogP contribution >= 0.6 is 11.6 Å². The smallest absolute Gasteiger partial charge is 0.310 e. The van der Waals surface area contributed by atoms with Gasteiger partial charge in [0, 0.05) is 22.0 Å². The molecule has 0 saturated heterocycles. The Morgan fingerprint density at radius 3 is 2.44 bits per heavy atom. The summed E-state index contributed by atoms with van der Waals surface area (Å²) in [5, 5.41) is 4.24. The second-order valence-corrected chi connectivity index (χ2v) is 11.2.